The lowest BCUT2D eigenvalue weighted by atomic mass is 10.0. The van der Waals surface area contributed by atoms with E-state index in [0.717, 1.165) is 76.1 Å². The van der Waals surface area contributed by atoms with Crippen molar-refractivity contribution < 1.29 is 27.4 Å². The molecule has 12 heteroatoms. The molecular formula is C32H52N4O6S2. The minimum atomic E-state index is -1.13. The summed E-state index contributed by atoms with van der Waals surface area (Å²) < 4.78 is 53.1. The van der Waals surface area contributed by atoms with Crippen molar-refractivity contribution in [2.24, 2.45) is 0 Å². The largest absolute Gasteiger partial charge is 0.353 e. The Labute approximate surface area is 269 Å². The molecule has 2 aromatic rings. The van der Waals surface area contributed by atoms with Gasteiger partial charge in [-0.2, -0.15) is 0 Å². The molecule has 2 N–H and O–H groups in total. The lowest BCUT2D eigenvalue weighted by molar-refractivity contribution is -0.182. The molecule has 4 rings (SSSR count). The van der Waals surface area contributed by atoms with Crippen molar-refractivity contribution in [3.63, 3.8) is 0 Å². The summed E-state index contributed by atoms with van der Waals surface area (Å²) in [5.41, 5.74) is 2.08. The van der Waals surface area contributed by atoms with E-state index in [9.17, 15) is 8.42 Å². The van der Waals surface area contributed by atoms with Gasteiger partial charge in [-0.1, -0.05) is 12.1 Å². The van der Waals surface area contributed by atoms with Crippen LogP contribution in [0.4, 0.5) is 0 Å². The highest BCUT2D eigenvalue weighted by molar-refractivity contribution is 7.84. The average Bonchev–Trinajstić information content (AvgIpc) is 3.02. The maximum Gasteiger partial charge on any atom is 0.157 e. The molecule has 0 aliphatic carbocycles. The van der Waals surface area contributed by atoms with Crippen LogP contribution < -0.4 is 9.44 Å². The topological polar surface area (TPSA) is 121 Å². The molecule has 0 radical (unpaired) electrons. The molecule has 0 saturated carbocycles. The van der Waals surface area contributed by atoms with Gasteiger partial charge in [-0.25, -0.2) is 17.9 Å². The first kappa shape index (κ1) is 36.8. The van der Waals surface area contributed by atoms with Crippen molar-refractivity contribution in [1.29, 1.82) is 0 Å². The van der Waals surface area contributed by atoms with Gasteiger partial charge in [-0.05, 0) is 90.5 Å². The summed E-state index contributed by atoms with van der Waals surface area (Å²) in [5.74, 6) is 0. The SMILES string of the molecule is CC(C)(C)[S@@](=O)N[C@H](CCC1OCCCO1)c1cccnc1.CC(C)(C)[S@](=O)N[C@@H](CCC1OCCCO1)c1cccnc1. The van der Waals surface area contributed by atoms with Gasteiger partial charge < -0.3 is 18.9 Å². The summed E-state index contributed by atoms with van der Waals surface area (Å²) in [6, 6.07) is 7.76. The molecule has 0 aromatic carbocycles. The summed E-state index contributed by atoms with van der Waals surface area (Å²) in [5, 5.41) is 0. The van der Waals surface area contributed by atoms with E-state index in [0.29, 0.717) is 0 Å². The Morgan fingerprint density at radius 3 is 1.36 bits per heavy atom. The molecule has 0 unspecified atom stereocenters. The van der Waals surface area contributed by atoms with Gasteiger partial charge in [0.1, 0.15) is 0 Å². The molecule has 0 bridgehead atoms. The minimum absolute atomic E-state index is 0.0251. The fourth-order valence-corrected chi connectivity index (χ4v) is 6.11. The third-order valence-corrected chi connectivity index (χ3v) is 10.2. The van der Waals surface area contributed by atoms with Gasteiger partial charge in [0.2, 0.25) is 0 Å². The zero-order chi connectivity index (χ0) is 32.0. The molecule has 2 aliphatic heterocycles. The molecule has 44 heavy (non-hydrogen) atoms. The van der Waals surface area contributed by atoms with E-state index in [1.807, 2.05) is 78.2 Å². The van der Waals surface area contributed by atoms with Crippen LogP contribution >= 0.6 is 0 Å². The lowest BCUT2D eigenvalue weighted by Crippen LogP contribution is -2.36. The van der Waals surface area contributed by atoms with Gasteiger partial charge in [0, 0.05) is 49.7 Å². The Bertz CT molecular complexity index is 1030. The highest BCUT2D eigenvalue weighted by Gasteiger charge is 2.26. The number of hydrogen-bond acceptors (Lipinski definition) is 8. The Balaban J connectivity index is 0.000000240. The monoisotopic (exact) mass is 652 g/mol. The number of rotatable bonds is 12. The van der Waals surface area contributed by atoms with E-state index < -0.39 is 22.0 Å². The van der Waals surface area contributed by atoms with Crippen molar-refractivity contribution in [2.75, 3.05) is 26.4 Å². The van der Waals surface area contributed by atoms with Crippen LogP contribution in [0.2, 0.25) is 0 Å². The third-order valence-electron chi connectivity index (χ3n) is 6.96. The Kier molecular flexibility index (Phi) is 15.5. The van der Waals surface area contributed by atoms with Crippen molar-refractivity contribution in [1.82, 2.24) is 19.4 Å². The first-order chi connectivity index (χ1) is 20.9. The molecule has 2 saturated heterocycles. The van der Waals surface area contributed by atoms with E-state index in [1.54, 1.807) is 12.4 Å². The minimum Gasteiger partial charge on any atom is -0.353 e. The van der Waals surface area contributed by atoms with E-state index >= 15 is 0 Å². The second-order valence-corrected chi connectivity index (χ2v) is 16.9. The van der Waals surface area contributed by atoms with Crippen LogP contribution in [0.3, 0.4) is 0 Å². The van der Waals surface area contributed by atoms with E-state index in [-0.39, 0.29) is 34.2 Å². The molecular weight excluding hydrogens is 601 g/mol. The molecule has 2 aliphatic rings. The molecule has 4 heterocycles. The summed E-state index contributed by atoms with van der Waals surface area (Å²) in [6.07, 6.45) is 11.8. The van der Waals surface area contributed by atoms with Crippen LogP contribution in [0, 0.1) is 0 Å². The summed E-state index contributed by atoms with van der Waals surface area (Å²) in [6.45, 7) is 14.8. The van der Waals surface area contributed by atoms with Crippen molar-refractivity contribution in [3.8, 4) is 0 Å². The first-order valence-electron chi connectivity index (χ1n) is 15.6. The van der Waals surface area contributed by atoms with Gasteiger partial charge in [-0.3, -0.25) is 9.97 Å². The quantitative estimate of drug-likeness (QED) is 0.311. The van der Waals surface area contributed by atoms with Crippen molar-refractivity contribution in [2.45, 2.75) is 114 Å². The second kappa shape index (κ2) is 18.5. The molecule has 248 valence electrons. The van der Waals surface area contributed by atoms with Gasteiger partial charge in [0.05, 0.1) is 57.9 Å². The molecule has 0 spiro atoms. The Morgan fingerprint density at radius 2 is 1.07 bits per heavy atom. The maximum absolute atomic E-state index is 12.4. The van der Waals surface area contributed by atoms with Gasteiger partial charge in [-0.15, -0.1) is 0 Å². The number of pyridine rings is 2. The molecule has 4 atom stereocenters. The number of hydrogen-bond donors (Lipinski definition) is 2. The van der Waals surface area contributed by atoms with Gasteiger partial charge in [0.15, 0.2) is 12.6 Å². The number of nitrogens with one attached hydrogen (secondary N) is 2. The second-order valence-electron chi connectivity index (χ2n) is 12.9. The first-order valence-corrected chi connectivity index (χ1v) is 17.9. The van der Waals surface area contributed by atoms with Crippen LogP contribution in [0.15, 0.2) is 49.1 Å². The van der Waals surface area contributed by atoms with Gasteiger partial charge >= 0.3 is 0 Å². The number of ether oxygens (including phenoxy) is 4. The zero-order valence-corrected chi connectivity index (χ0v) is 28.8. The number of nitrogens with zero attached hydrogens (tertiary/aromatic N) is 2. The van der Waals surface area contributed by atoms with Crippen molar-refractivity contribution in [3.05, 3.63) is 60.2 Å². The Morgan fingerprint density at radius 1 is 0.705 bits per heavy atom. The summed E-state index contributed by atoms with van der Waals surface area (Å²) >= 11 is 0. The normalized spacial score (nSPS) is 19.8. The number of aromatic nitrogens is 2. The third kappa shape index (κ3) is 13.4. The maximum atomic E-state index is 12.4. The molecule has 2 fully saturated rings. The van der Waals surface area contributed by atoms with Crippen LogP contribution in [0.25, 0.3) is 0 Å². The predicted molar refractivity (Wildman–Crippen MR) is 175 cm³/mol. The van der Waals surface area contributed by atoms with Crippen LogP contribution in [0.1, 0.15) is 103 Å². The molecule has 2 aromatic heterocycles. The summed E-state index contributed by atoms with van der Waals surface area (Å²) in [4.78, 5) is 8.34. The van der Waals surface area contributed by atoms with E-state index in [4.69, 9.17) is 18.9 Å². The fourth-order valence-electron chi connectivity index (χ4n) is 4.38. The van der Waals surface area contributed by atoms with Crippen LogP contribution in [0.5, 0.6) is 0 Å². The molecule has 0 amide bonds. The van der Waals surface area contributed by atoms with Crippen LogP contribution in [-0.4, -0.2) is 66.9 Å². The van der Waals surface area contributed by atoms with E-state index in [1.165, 1.54) is 0 Å². The lowest BCUT2D eigenvalue weighted by Gasteiger charge is -2.27. The average molecular weight is 653 g/mol. The smallest absolute Gasteiger partial charge is 0.157 e. The van der Waals surface area contributed by atoms with Crippen LogP contribution in [-0.2, 0) is 40.9 Å². The predicted octanol–water partition coefficient (Wildman–Crippen LogP) is 5.44. The van der Waals surface area contributed by atoms with Gasteiger partial charge in [0.25, 0.3) is 0 Å². The standard InChI is InChI=1S/2C16H26N2O3S/c2*1-16(2,3)22(19)18-14(13-6-4-9-17-12-13)7-8-15-20-10-5-11-21-15/h2*4,6,9,12,14-15,18H,5,7-8,10-11H2,1-3H3/t2*14-,22-/m10/s1. The Hall–Kier alpha value is -1.64. The van der Waals surface area contributed by atoms with E-state index in [2.05, 4.69) is 19.4 Å². The van der Waals surface area contributed by atoms with Crippen molar-refractivity contribution >= 4 is 22.0 Å². The zero-order valence-electron chi connectivity index (χ0n) is 27.2. The highest BCUT2D eigenvalue weighted by Crippen LogP contribution is 2.25. The summed E-state index contributed by atoms with van der Waals surface area (Å²) in [7, 11) is -2.27. The highest BCUT2D eigenvalue weighted by atomic mass is 32.2. The molecule has 10 nitrogen and oxygen atoms in total. The fraction of sp³-hybridized carbons (Fsp3) is 0.688.